The zero-order valence-corrected chi connectivity index (χ0v) is 16.7. The van der Waals surface area contributed by atoms with Gasteiger partial charge < -0.3 is 9.74 Å². The second-order valence-electron chi connectivity index (χ2n) is 7.09. The number of hydrogen-bond acceptors (Lipinski definition) is 2. The largest absolute Gasteiger partial charge is 0.416 e. The van der Waals surface area contributed by atoms with Crippen LogP contribution in [0.3, 0.4) is 0 Å². The summed E-state index contributed by atoms with van der Waals surface area (Å²) in [6, 6.07) is 8.58. The van der Waals surface area contributed by atoms with Gasteiger partial charge in [0.2, 0.25) is 0 Å². The molecule has 0 spiro atoms. The first-order valence-corrected chi connectivity index (χ1v) is 11.5. The van der Waals surface area contributed by atoms with E-state index in [1.54, 1.807) is 0 Å². The Kier molecular flexibility index (Phi) is 7.61. The van der Waals surface area contributed by atoms with Crippen LogP contribution < -0.4 is 5.32 Å². The summed E-state index contributed by atoms with van der Waals surface area (Å²) in [5.41, 5.74) is 1.40. The first kappa shape index (κ1) is 18.9. The highest BCUT2D eigenvalue weighted by Crippen LogP contribution is 2.36. The van der Waals surface area contributed by atoms with E-state index in [0.29, 0.717) is 5.04 Å². The molecule has 0 aliphatic rings. The average molecular weight is 372 g/mol. The van der Waals surface area contributed by atoms with E-state index in [0.717, 1.165) is 30.6 Å². The highest BCUT2D eigenvalue weighted by atomic mass is 79.9. The normalized spacial score (nSPS) is 12.7. The number of aryl methyl sites for hydroxylation is 1. The molecule has 0 unspecified atom stereocenters. The van der Waals surface area contributed by atoms with Gasteiger partial charge in [-0.2, -0.15) is 0 Å². The summed E-state index contributed by atoms with van der Waals surface area (Å²) in [5.74, 6) is 0. The van der Waals surface area contributed by atoms with Crippen molar-refractivity contribution in [3.8, 4) is 0 Å². The maximum atomic E-state index is 6.14. The summed E-state index contributed by atoms with van der Waals surface area (Å²) >= 11 is 3.46. The Morgan fingerprint density at radius 1 is 1.10 bits per heavy atom. The molecule has 0 aliphatic heterocycles. The Balaban J connectivity index is 2.09. The fourth-order valence-corrected chi connectivity index (χ4v) is 3.10. The highest BCUT2D eigenvalue weighted by molar-refractivity contribution is 9.10. The van der Waals surface area contributed by atoms with Crippen LogP contribution in [-0.4, -0.2) is 28.0 Å². The van der Waals surface area contributed by atoms with Gasteiger partial charge in [-0.25, -0.2) is 0 Å². The lowest BCUT2D eigenvalue weighted by molar-refractivity contribution is 0.286. The molecule has 0 heterocycles. The lowest BCUT2D eigenvalue weighted by atomic mass is 10.1. The molecule has 1 aromatic carbocycles. The Morgan fingerprint density at radius 3 is 2.29 bits per heavy atom. The quantitative estimate of drug-likeness (QED) is 0.513. The van der Waals surface area contributed by atoms with Crippen LogP contribution >= 0.6 is 15.9 Å². The molecule has 0 aliphatic carbocycles. The van der Waals surface area contributed by atoms with Crippen LogP contribution in [0.5, 0.6) is 0 Å². The van der Waals surface area contributed by atoms with E-state index in [4.69, 9.17) is 4.43 Å². The topological polar surface area (TPSA) is 21.3 Å². The summed E-state index contributed by atoms with van der Waals surface area (Å²) in [7, 11) is -1.58. The molecule has 0 atom stereocenters. The second kappa shape index (κ2) is 8.46. The predicted octanol–water partition coefficient (Wildman–Crippen LogP) is 4.99. The van der Waals surface area contributed by atoms with Gasteiger partial charge in [0.05, 0.1) is 0 Å². The maximum absolute atomic E-state index is 6.14. The van der Waals surface area contributed by atoms with Crippen molar-refractivity contribution in [2.75, 3.05) is 19.7 Å². The van der Waals surface area contributed by atoms with Crippen molar-refractivity contribution >= 4 is 24.2 Å². The molecule has 0 aromatic heterocycles. The second-order valence-corrected chi connectivity index (χ2v) is 12.8. The zero-order valence-electron chi connectivity index (χ0n) is 14.1. The molecule has 0 bridgehead atoms. The van der Waals surface area contributed by atoms with Gasteiger partial charge in [-0.15, -0.1) is 0 Å². The van der Waals surface area contributed by atoms with E-state index in [2.05, 4.69) is 79.4 Å². The molecule has 0 saturated carbocycles. The Bertz CT molecular complexity index is 412. The maximum Gasteiger partial charge on any atom is 0.192 e. The van der Waals surface area contributed by atoms with Crippen LogP contribution in [-0.2, 0) is 10.8 Å². The molecule has 1 rings (SSSR count). The van der Waals surface area contributed by atoms with Gasteiger partial charge >= 0.3 is 0 Å². The smallest absolute Gasteiger partial charge is 0.192 e. The van der Waals surface area contributed by atoms with Crippen LogP contribution in [0.25, 0.3) is 0 Å². The van der Waals surface area contributed by atoms with Crippen molar-refractivity contribution in [2.24, 2.45) is 0 Å². The van der Waals surface area contributed by atoms with E-state index < -0.39 is 8.32 Å². The first-order chi connectivity index (χ1) is 9.72. The van der Waals surface area contributed by atoms with Gasteiger partial charge in [0.15, 0.2) is 8.32 Å². The monoisotopic (exact) mass is 371 g/mol. The Labute approximate surface area is 139 Å². The third-order valence-corrected chi connectivity index (χ3v) is 9.35. The average Bonchev–Trinajstić information content (AvgIpc) is 2.38. The van der Waals surface area contributed by atoms with Gasteiger partial charge in [-0.1, -0.05) is 48.8 Å². The standard InChI is InChI=1S/C17H30BrNOSi/c1-17(2,3)21(4,5)20-14-13-19-12-6-7-15-8-10-16(18)11-9-15/h8-11,19H,6-7,12-14H2,1-5H3. The molecule has 0 fully saturated rings. The minimum Gasteiger partial charge on any atom is -0.416 e. The highest BCUT2D eigenvalue weighted by Gasteiger charge is 2.36. The number of hydrogen-bond donors (Lipinski definition) is 1. The van der Waals surface area contributed by atoms with E-state index >= 15 is 0 Å². The molecule has 1 aromatic rings. The first-order valence-electron chi connectivity index (χ1n) is 7.81. The van der Waals surface area contributed by atoms with E-state index in [9.17, 15) is 0 Å². The van der Waals surface area contributed by atoms with Crippen LogP contribution in [0.4, 0.5) is 0 Å². The van der Waals surface area contributed by atoms with Crippen molar-refractivity contribution in [1.29, 1.82) is 0 Å². The fraction of sp³-hybridized carbons (Fsp3) is 0.647. The fourth-order valence-electron chi connectivity index (χ4n) is 1.79. The molecule has 120 valence electrons. The molecule has 0 radical (unpaired) electrons. The lowest BCUT2D eigenvalue weighted by Crippen LogP contribution is -2.42. The van der Waals surface area contributed by atoms with Crippen molar-refractivity contribution in [3.63, 3.8) is 0 Å². The summed E-state index contributed by atoms with van der Waals surface area (Å²) in [5, 5.41) is 3.78. The summed E-state index contributed by atoms with van der Waals surface area (Å²) < 4.78 is 7.29. The van der Waals surface area contributed by atoms with Gasteiger partial charge in [0.25, 0.3) is 0 Å². The zero-order chi connectivity index (χ0) is 15.9. The van der Waals surface area contributed by atoms with Crippen LogP contribution in [0.1, 0.15) is 32.8 Å². The van der Waals surface area contributed by atoms with Crippen molar-refractivity contribution in [3.05, 3.63) is 34.3 Å². The molecule has 0 saturated heterocycles. The third-order valence-electron chi connectivity index (χ3n) is 4.28. The number of benzene rings is 1. The van der Waals surface area contributed by atoms with Gasteiger partial charge in [-0.05, 0) is 55.2 Å². The molecule has 0 amide bonds. The lowest BCUT2D eigenvalue weighted by Gasteiger charge is -2.36. The molecular weight excluding hydrogens is 342 g/mol. The molecule has 1 N–H and O–H groups in total. The Hall–Kier alpha value is -0.163. The number of rotatable bonds is 8. The van der Waals surface area contributed by atoms with Crippen LogP contribution in [0, 0.1) is 0 Å². The summed E-state index contributed by atoms with van der Waals surface area (Å²) in [6.45, 7) is 14.3. The third kappa shape index (κ3) is 7.09. The summed E-state index contributed by atoms with van der Waals surface area (Å²) in [4.78, 5) is 0. The SMILES string of the molecule is CC(C)(C)[Si](C)(C)OCCNCCCc1ccc(Br)cc1. The Morgan fingerprint density at radius 2 is 1.71 bits per heavy atom. The van der Waals surface area contributed by atoms with Crippen LogP contribution in [0.2, 0.25) is 18.1 Å². The van der Waals surface area contributed by atoms with E-state index in [1.165, 1.54) is 12.0 Å². The summed E-state index contributed by atoms with van der Waals surface area (Å²) in [6.07, 6.45) is 2.30. The molecule has 21 heavy (non-hydrogen) atoms. The predicted molar refractivity (Wildman–Crippen MR) is 98.5 cm³/mol. The van der Waals surface area contributed by atoms with E-state index in [1.807, 2.05) is 0 Å². The van der Waals surface area contributed by atoms with E-state index in [-0.39, 0.29) is 0 Å². The molecular formula is C17H30BrNOSi. The van der Waals surface area contributed by atoms with Gasteiger partial charge in [0.1, 0.15) is 0 Å². The van der Waals surface area contributed by atoms with Crippen LogP contribution in [0.15, 0.2) is 28.7 Å². The number of halogens is 1. The minimum atomic E-state index is -1.58. The van der Waals surface area contributed by atoms with Gasteiger partial charge in [0, 0.05) is 17.6 Å². The number of nitrogens with one attached hydrogen (secondary N) is 1. The van der Waals surface area contributed by atoms with Gasteiger partial charge in [-0.3, -0.25) is 0 Å². The molecule has 2 nitrogen and oxygen atoms in total. The van der Waals surface area contributed by atoms with Crippen molar-refractivity contribution < 1.29 is 4.43 Å². The minimum absolute atomic E-state index is 0.300. The van der Waals surface area contributed by atoms with Crippen molar-refractivity contribution in [2.45, 2.75) is 51.7 Å². The molecule has 4 heteroatoms. The van der Waals surface area contributed by atoms with Crippen molar-refractivity contribution in [1.82, 2.24) is 5.32 Å².